The van der Waals surface area contributed by atoms with E-state index in [1.807, 2.05) is 0 Å². The molecule has 3 unspecified atom stereocenters. The number of nitrogens with zero attached hydrogens (tertiary/aromatic N) is 2. The lowest BCUT2D eigenvalue weighted by Gasteiger charge is -2.28. The number of nitrogens with one attached hydrogen (secondary N) is 1. The van der Waals surface area contributed by atoms with Crippen LogP contribution >= 0.6 is 0 Å². The van der Waals surface area contributed by atoms with Gasteiger partial charge in [-0.25, -0.2) is 4.98 Å². The summed E-state index contributed by atoms with van der Waals surface area (Å²) in [6.45, 7) is 2.11. The van der Waals surface area contributed by atoms with E-state index in [-0.39, 0.29) is 0 Å². The molecule has 21 heavy (non-hydrogen) atoms. The van der Waals surface area contributed by atoms with Crippen molar-refractivity contribution in [1.29, 1.82) is 0 Å². The molecule has 0 saturated heterocycles. The number of pyridine rings is 1. The third-order valence-electron chi connectivity index (χ3n) is 5.73. The summed E-state index contributed by atoms with van der Waals surface area (Å²) in [5.41, 5.74) is 1.18. The molecule has 0 aliphatic heterocycles. The first-order valence-electron chi connectivity index (χ1n) is 8.68. The van der Waals surface area contributed by atoms with Gasteiger partial charge in [0.15, 0.2) is 0 Å². The standard InChI is InChI=1S/C18H27N3/c1-21(12-15-10-13-5-6-14(15)9-13)18-4-2-3-17(20-18)11-19-16-7-8-16/h2-4,13-16,19H,5-12H2,1H3. The summed E-state index contributed by atoms with van der Waals surface area (Å²) in [6.07, 6.45) is 8.59. The minimum absolute atomic E-state index is 0.752. The normalized spacial score (nSPS) is 30.8. The molecule has 2 bridgehead atoms. The molecule has 3 saturated carbocycles. The lowest BCUT2D eigenvalue weighted by molar-refractivity contribution is 0.337. The smallest absolute Gasteiger partial charge is 0.128 e. The molecule has 0 spiro atoms. The summed E-state index contributed by atoms with van der Waals surface area (Å²) in [5.74, 6) is 4.09. The molecule has 3 nitrogen and oxygen atoms in total. The monoisotopic (exact) mass is 285 g/mol. The lowest BCUT2D eigenvalue weighted by atomic mass is 9.88. The summed E-state index contributed by atoms with van der Waals surface area (Å²) in [7, 11) is 2.21. The van der Waals surface area contributed by atoms with Crippen molar-refractivity contribution in [2.45, 2.75) is 51.1 Å². The van der Waals surface area contributed by atoms with Gasteiger partial charge in [0.2, 0.25) is 0 Å². The third-order valence-corrected chi connectivity index (χ3v) is 5.73. The first-order chi connectivity index (χ1) is 10.3. The van der Waals surface area contributed by atoms with Crippen LogP contribution in [0.4, 0.5) is 5.82 Å². The molecule has 1 N–H and O–H groups in total. The summed E-state index contributed by atoms with van der Waals surface area (Å²) >= 11 is 0. The molecule has 1 aromatic rings. The molecule has 114 valence electrons. The predicted molar refractivity (Wildman–Crippen MR) is 86.3 cm³/mol. The van der Waals surface area contributed by atoms with E-state index in [0.717, 1.165) is 36.2 Å². The molecule has 3 aliphatic rings. The number of hydrogen-bond acceptors (Lipinski definition) is 3. The Morgan fingerprint density at radius 3 is 2.81 bits per heavy atom. The second-order valence-electron chi connectivity index (χ2n) is 7.46. The van der Waals surface area contributed by atoms with Gasteiger partial charge in [-0.3, -0.25) is 0 Å². The number of fused-ring (bicyclic) bond motifs is 2. The molecule has 3 aliphatic carbocycles. The van der Waals surface area contributed by atoms with Crippen molar-refractivity contribution in [3.63, 3.8) is 0 Å². The molecule has 3 atom stereocenters. The Balaban J connectivity index is 1.36. The van der Waals surface area contributed by atoms with E-state index in [9.17, 15) is 0 Å². The van der Waals surface area contributed by atoms with E-state index in [0.29, 0.717) is 0 Å². The van der Waals surface area contributed by atoms with E-state index >= 15 is 0 Å². The molecule has 3 heteroatoms. The van der Waals surface area contributed by atoms with Crippen LogP contribution in [0.15, 0.2) is 18.2 Å². The zero-order valence-corrected chi connectivity index (χ0v) is 13.1. The van der Waals surface area contributed by atoms with Gasteiger partial charge in [-0.05, 0) is 62.0 Å². The van der Waals surface area contributed by atoms with Crippen LogP contribution in [0.3, 0.4) is 0 Å². The third kappa shape index (κ3) is 3.08. The number of hydrogen-bond donors (Lipinski definition) is 1. The molecule has 1 aromatic heterocycles. The minimum atomic E-state index is 0.752. The fourth-order valence-electron chi connectivity index (χ4n) is 4.36. The number of rotatable bonds is 6. The first kappa shape index (κ1) is 13.6. The summed E-state index contributed by atoms with van der Waals surface area (Å²) in [4.78, 5) is 7.22. The highest BCUT2D eigenvalue weighted by atomic mass is 15.2. The van der Waals surface area contributed by atoms with Gasteiger partial charge < -0.3 is 10.2 Å². The van der Waals surface area contributed by atoms with Crippen molar-refractivity contribution in [3.05, 3.63) is 23.9 Å². The topological polar surface area (TPSA) is 28.2 Å². The van der Waals surface area contributed by atoms with Gasteiger partial charge in [-0.2, -0.15) is 0 Å². The van der Waals surface area contributed by atoms with Gasteiger partial charge in [0.25, 0.3) is 0 Å². The Labute approximate surface area is 128 Å². The zero-order valence-electron chi connectivity index (χ0n) is 13.1. The average Bonchev–Trinajstić information content (AvgIpc) is 3.11. The van der Waals surface area contributed by atoms with Crippen molar-refractivity contribution < 1.29 is 0 Å². The molecular formula is C18H27N3. The number of aromatic nitrogens is 1. The van der Waals surface area contributed by atoms with E-state index in [4.69, 9.17) is 4.98 Å². The van der Waals surface area contributed by atoms with Crippen molar-refractivity contribution in [2.75, 3.05) is 18.5 Å². The van der Waals surface area contributed by atoms with Crippen molar-refractivity contribution in [2.24, 2.45) is 17.8 Å². The zero-order chi connectivity index (χ0) is 14.2. The van der Waals surface area contributed by atoms with Crippen molar-refractivity contribution >= 4 is 5.82 Å². The van der Waals surface area contributed by atoms with Gasteiger partial charge in [0, 0.05) is 26.2 Å². The maximum atomic E-state index is 4.84. The first-order valence-corrected chi connectivity index (χ1v) is 8.68. The van der Waals surface area contributed by atoms with Crippen LogP contribution in [0.2, 0.25) is 0 Å². The Morgan fingerprint density at radius 2 is 2.10 bits per heavy atom. The molecule has 0 aromatic carbocycles. The fourth-order valence-corrected chi connectivity index (χ4v) is 4.36. The van der Waals surface area contributed by atoms with Gasteiger partial charge in [-0.1, -0.05) is 12.5 Å². The summed E-state index contributed by atoms with van der Waals surface area (Å²) in [5, 5.41) is 3.55. The highest BCUT2D eigenvalue weighted by Gasteiger charge is 2.39. The molecule has 3 fully saturated rings. The van der Waals surface area contributed by atoms with E-state index in [1.165, 1.54) is 50.8 Å². The van der Waals surface area contributed by atoms with Gasteiger partial charge in [0.05, 0.1) is 5.69 Å². The van der Waals surface area contributed by atoms with E-state index in [2.05, 4.69) is 35.5 Å². The minimum Gasteiger partial charge on any atom is -0.359 e. The second-order valence-corrected chi connectivity index (χ2v) is 7.46. The van der Waals surface area contributed by atoms with Gasteiger partial charge in [-0.15, -0.1) is 0 Å². The second kappa shape index (κ2) is 5.60. The van der Waals surface area contributed by atoms with E-state index in [1.54, 1.807) is 0 Å². The SMILES string of the molecule is CN(CC1CC2CCC1C2)c1cccc(CNC2CC2)n1. The summed E-state index contributed by atoms with van der Waals surface area (Å²) < 4.78 is 0. The van der Waals surface area contributed by atoms with Crippen LogP contribution in [0.25, 0.3) is 0 Å². The molecule has 1 heterocycles. The van der Waals surface area contributed by atoms with Crippen LogP contribution in [0.1, 0.15) is 44.2 Å². The fraction of sp³-hybridized carbons (Fsp3) is 0.722. The van der Waals surface area contributed by atoms with Crippen LogP contribution in [-0.4, -0.2) is 24.6 Å². The van der Waals surface area contributed by atoms with Crippen LogP contribution in [0.5, 0.6) is 0 Å². The average molecular weight is 285 g/mol. The predicted octanol–water partition coefficient (Wildman–Crippen LogP) is 3.21. The maximum absolute atomic E-state index is 4.84. The molecule has 4 rings (SSSR count). The Kier molecular flexibility index (Phi) is 3.62. The Hall–Kier alpha value is -1.09. The maximum Gasteiger partial charge on any atom is 0.128 e. The quantitative estimate of drug-likeness (QED) is 0.870. The van der Waals surface area contributed by atoms with Gasteiger partial charge in [0.1, 0.15) is 5.82 Å². The largest absolute Gasteiger partial charge is 0.359 e. The lowest BCUT2D eigenvalue weighted by Crippen LogP contribution is -2.29. The molecule has 0 radical (unpaired) electrons. The van der Waals surface area contributed by atoms with Crippen molar-refractivity contribution in [3.8, 4) is 0 Å². The van der Waals surface area contributed by atoms with E-state index < -0.39 is 0 Å². The van der Waals surface area contributed by atoms with Crippen molar-refractivity contribution in [1.82, 2.24) is 10.3 Å². The Morgan fingerprint density at radius 1 is 1.19 bits per heavy atom. The van der Waals surface area contributed by atoms with Crippen LogP contribution in [0, 0.1) is 17.8 Å². The Bertz CT molecular complexity index is 497. The molecule has 0 amide bonds. The van der Waals surface area contributed by atoms with Gasteiger partial charge >= 0.3 is 0 Å². The number of anilines is 1. The van der Waals surface area contributed by atoms with Crippen LogP contribution in [-0.2, 0) is 6.54 Å². The highest BCUT2D eigenvalue weighted by molar-refractivity contribution is 5.38. The highest BCUT2D eigenvalue weighted by Crippen LogP contribution is 2.48. The summed E-state index contributed by atoms with van der Waals surface area (Å²) in [6, 6.07) is 7.21. The van der Waals surface area contributed by atoms with Crippen LogP contribution < -0.4 is 10.2 Å². The molecular weight excluding hydrogens is 258 g/mol.